The monoisotopic (exact) mass is 572 g/mol. The van der Waals surface area contributed by atoms with Crippen LogP contribution in [-0.2, 0) is 30.3 Å². The number of aliphatic hydroxyl groups excluding tert-OH is 1. The molecule has 1 aliphatic heterocycles. The van der Waals surface area contributed by atoms with Crippen LogP contribution in [0.5, 0.6) is 0 Å². The highest BCUT2D eigenvalue weighted by molar-refractivity contribution is 7.12. The molecule has 40 heavy (non-hydrogen) atoms. The van der Waals surface area contributed by atoms with Crippen LogP contribution in [-0.4, -0.2) is 76.0 Å². The van der Waals surface area contributed by atoms with E-state index in [1.807, 2.05) is 0 Å². The number of nitrogens with two attached hydrogens (primary N) is 1. The third-order valence-electron chi connectivity index (χ3n) is 6.21. The summed E-state index contributed by atoms with van der Waals surface area (Å²) in [5.74, 6) is -3.39. The van der Waals surface area contributed by atoms with Gasteiger partial charge in [0.25, 0.3) is 11.8 Å². The maximum atomic E-state index is 13.4. The number of hydrogen-bond donors (Lipinski definition) is 4. The Balaban J connectivity index is 1.69. The molecule has 216 valence electrons. The quantitative estimate of drug-likeness (QED) is 0.307. The van der Waals surface area contributed by atoms with Crippen molar-refractivity contribution in [2.24, 2.45) is 5.73 Å². The molecular weight excluding hydrogens is 536 g/mol. The van der Waals surface area contributed by atoms with Crippen molar-refractivity contribution in [2.75, 3.05) is 6.54 Å². The van der Waals surface area contributed by atoms with Crippen LogP contribution >= 0.6 is 11.3 Å². The van der Waals surface area contributed by atoms with Gasteiger partial charge in [-0.15, -0.1) is 11.3 Å². The van der Waals surface area contributed by atoms with E-state index in [2.05, 4.69) is 10.6 Å². The molecule has 1 aliphatic rings. The molecule has 2 heterocycles. The van der Waals surface area contributed by atoms with E-state index in [0.29, 0.717) is 17.7 Å². The Morgan fingerprint density at radius 1 is 1.12 bits per heavy atom. The predicted molar refractivity (Wildman–Crippen MR) is 148 cm³/mol. The molecule has 12 heteroatoms. The van der Waals surface area contributed by atoms with E-state index in [0.717, 1.165) is 16.9 Å². The lowest BCUT2D eigenvalue weighted by Gasteiger charge is -2.31. The van der Waals surface area contributed by atoms with Crippen LogP contribution in [0.4, 0.5) is 0 Å². The molecule has 4 amide bonds. The number of carbonyl (C=O) groups excluding carboxylic acids is 5. The second-order valence-electron chi connectivity index (χ2n) is 10.6. The summed E-state index contributed by atoms with van der Waals surface area (Å²) in [5.41, 5.74) is 5.94. The molecule has 2 aromatic rings. The van der Waals surface area contributed by atoms with Gasteiger partial charge in [0, 0.05) is 6.54 Å². The lowest BCUT2D eigenvalue weighted by molar-refractivity contribution is -0.165. The molecule has 0 spiro atoms. The number of aliphatic hydroxyl groups is 1. The standard InChI is InChI=1S/C28H36N4O7S/c1-28(2,3)39-27(38)20-11-7-13-32(20)26(37)23(34)19(15-17-9-5-4-6-10-17)30-24(35)18(29)16-22(33)31-25(36)21-12-8-14-40-21/h4-6,8-10,12,14,18-20,23,34H,7,11,13,15-16,29H2,1-3H3,(H,30,35)(H,31,33,36)/t18-,19?,20-,23?/m0/s1. The Labute approximate surface area is 237 Å². The summed E-state index contributed by atoms with van der Waals surface area (Å²) >= 11 is 1.16. The van der Waals surface area contributed by atoms with E-state index < -0.39 is 65.8 Å². The largest absolute Gasteiger partial charge is 0.458 e. The Morgan fingerprint density at radius 3 is 2.45 bits per heavy atom. The first-order valence-electron chi connectivity index (χ1n) is 13.0. The Hall–Kier alpha value is -3.61. The number of likely N-dealkylation sites (tertiary alicyclic amines) is 1. The number of benzene rings is 1. The molecule has 0 radical (unpaired) electrons. The van der Waals surface area contributed by atoms with Crippen LogP contribution in [0.2, 0.25) is 0 Å². The van der Waals surface area contributed by atoms with E-state index in [4.69, 9.17) is 10.5 Å². The molecule has 3 rings (SSSR count). The summed E-state index contributed by atoms with van der Waals surface area (Å²) in [5, 5.41) is 17.6. The molecule has 4 atom stereocenters. The van der Waals surface area contributed by atoms with Crippen molar-refractivity contribution in [3.63, 3.8) is 0 Å². The number of thiophene rings is 1. The molecule has 0 bridgehead atoms. The first-order valence-corrected chi connectivity index (χ1v) is 13.9. The number of rotatable bonds is 10. The minimum atomic E-state index is -1.70. The van der Waals surface area contributed by atoms with Gasteiger partial charge >= 0.3 is 5.97 Å². The zero-order valence-electron chi connectivity index (χ0n) is 22.8. The Morgan fingerprint density at radius 2 is 1.82 bits per heavy atom. The SMILES string of the molecule is CC(C)(C)OC(=O)[C@@H]1CCCN1C(=O)C(O)C(Cc1ccccc1)NC(=O)[C@@H](N)CC(=O)NC(=O)c1cccs1. The molecule has 1 aromatic heterocycles. The lowest BCUT2D eigenvalue weighted by Crippen LogP contribution is -2.57. The van der Waals surface area contributed by atoms with Crippen molar-refractivity contribution < 1.29 is 33.8 Å². The lowest BCUT2D eigenvalue weighted by atomic mass is 9.99. The van der Waals surface area contributed by atoms with Crippen molar-refractivity contribution in [2.45, 2.75) is 76.3 Å². The minimum absolute atomic E-state index is 0.0835. The summed E-state index contributed by atoms with van der Waals surface area (Å²) in [7, 11) is 0. The van der Waals surface area contributed by atoms with Crippen molar-refractivity contribution in [1.82, 2.24) is 15.5 Å². The summed E-state index contributed by atoms with van der Waals surface area (Å²) in [6.45, 7) is 5.44. The first kappa shape index (κ1) is 30.9. The van der Waals surface area contributed by atoms with Gasteiger partial charge in [-0.25, -0.2) is 4.79 Å². The van der Waals surface area contributed by atoms with Gasteiger partial charge in [0.05, 0.1) is 23.4 Å². The molecule has 1 fully saturated rings. The smallest absolute Gasteiger partial charge is 0.329 e. The zero-order chi connectivity index (χ0) is 29.4. The number of ether oxygens (including phenoxy) is 1. The van der Waals surface area contributed by atoms with Gasteiger partial charge in [0.15, 0.2) is 6.10 Å². The Kier molecular flexibility index (Phi) is 10.5. The van der Waals surface area contributed by atoms with Crippen LogP contribution in [0.1, 0.15) is 55.3 Å². The fourth-order valence-electron chi connectivity index (χ4n) is 4.33. The number of carbonyl (C=O) groups is 5. The maximum absolute atomic E-state index is 13.4. The van der Waals surface area contributed by atoms with E-state index in [-0.39, 0.29) is 13.0 Å². The molecule has 11 nitrogen and oxygen atoms in total. The number of hydrogen-bond acceptors (Lipinski definition) is 9. The number of nitrogens with one attached hydrogen (secondary N) is 2. The summed E-state index contributed by atoms with van der Waals surface area (Å²) in [6, 6.07) is 8.84. The van der Waals surface area contributed by atoms with Gasteiger partial charge in [-0.2, -0.15) is 0 Å². The highest BCUT2D eigenvalue weighted by Gasteiger charge is 2.41. The van der Waals surface area contributed by atoms with Crippen LogP contribution in [0, 0.1) is 0 Å². The van der Waals surface area contributed by atoms with E-state index in [9.17, 15) is 29.1 Å². The average Bonchev–Trinajstić information content (AvgIpc) is 3.60. The van der Waals surface area contributed by atoms with E-state index in [1.165, 1.54) is 4.90 Å². The number of imide groups is 1. The van der Waals surface area contributed by atoms with Gasteiger partial charge in [0.2, 0.25) is 11.8 Å². The highest BCUT2D eigenvalue weighted by Crippen LogP contribution is 2.23. The average molecular weight is 573 g/mol. The van der Waals surface area contributed by atoms with Gasteiger partial charge in [0.1, 0.15) is 11.6 Å². The van der Waals surface area contributed by atoms with Gasteiger partial charge in [-0.05, 0) is 57.0 Å². The summed E-state index contributed by atoms with van der Waals surface area (Å²) in [6.07, 6.45) is -1.15. The third-order valence-corrected chi connectivity index (χ3v) is 7.08. The number of amides is 4. The Bertz CT molecular complexity index is 1200. The second-order valence-corrected chi connectivity index (χ2v) is 11.6. The summed E-state index contributed by atoms with van der Waals surface area (Å²) < 4.78 is 5.46. The van der Waals surface area contributed by atoms with Crippen molar-refractivity contribution in [3.05, 3.63) is 58.3 Å². The van der Waals surface area contributed by atoms with Crippen LogP contribution in [0.25, 0.3) is 0 Å². The molecule has 2 unspecified atom stereocenters. The van der Waals surface area contributed by atoms with Gasteiger partial charge in [-0.1, -0.05) is 36.4 Å². The highest BCUT2D eigenvalue weighted by atomic mass is 32.1. The predicted octanol–water partition coefficient (Wildman–Crippen LogP) is 1.14. The zero-order valence-corrected chi connectivity index (χ0v) is 23.6. The second kappa shape index (κ2) is 13.6. The van der Waals surface area contributed by atoms with Crippen LogP contribution in [0.3, 0.4) is 0 Å². The van der Waals surface area contributed by atoms with Gasteiger partial charge < -0.3 is 25.8 Å². The molecule has 5 N–H and O–H groups in total. The van der Waals surface area contributed by atoms with Crippen molar-refractivity contribution in [3.8, 4) is 0 Å². The third kappa shape index (κ3) is 8.70. The van der Waals surface area contributed by atoms with Crippen molar-refractivity contribution in [1.29, 1.82) is 0 Å². The molecule has 1 saturated heterocycles. The molecule has 0 aliphatic carbocycles. The van der Waals surface area contributed by atoms with Gasteiger partial charge in [-0.3, -0.25) is 24.5 Å². The number of esters is 1. The molecule has 1 aromatic carbocycles. The topological polar surface area (TPSA) is 168 Å². The first-order chi connectivity index (χ1) is 18.9. The minimum Gasteiger partial charge on any atom is -0.458 e. The summed E-state index contributed by atoms with van der Waals surface area (Å²) in [4.78, 5) is 65.2. The van der Waals surface area contributed by atoms with Crippen molar-refractivity contribution >= 4 is 40.9 Å². The molecular formula is C28H36N4O7S. The van der Waals surface area contributed by atoms with Crippen LogP contribution < -0.4 is 16.4 Å². The maximum Gasteiger partial charge on any atom is 0.329 e. The van der Waals surface area contributed by atoms with E-state index >= 15 is 0 Å². The number of nitrogens with zero attached hydrogens (tertiary/aromatic N) is 1. The fourth-order valence-corrected chi connectivity index (χ4v) is 4.95. The molecule has 0 saturated carbocycles. The fraction of sp³-hybridized carbons (Fsp3) is 0.464. The van der Waals surface area contributed by atoms with Crippen LogP contribution in [0.15, 0.2) is 47.8 Å². The van der Waals surface area contributed by atoms with E-state index in [1.54, 1.807) is 68.6 Å². The normalized spacial score (nSPS) is 17.4.